The molecule has 1 saturated heterocycles. The summed E-state index contributed by atoms with van der Waals surface area (Å²) in [6.07, 6.45) is 5.02. The molecular weight excluding hydrogens is 480 g/mol. The van der Waals surface area contributed by atoms with Crippen LogP contribution < -0.4 is 25.4 Å². The zero-order valence-electron chi connectivity index (χ0n) is 19.7. The summed E-state index contributed by atoms with van der Waals surface area (Å²) in [5.41, 5.74) is 1.30. The van der Waals surface area contributed by atoms with Gasteiger partial charge < -0.3 is 25.4 Å². The maximum absolute atomic E-state index is 13.6. The third kappa shape index (κ3) is 5.32. The predicted molar refractivity (Wildman–Crippen MR) is 134 cm³/mol. The first-order valence-electron chi connectivity index (χ1n) is 12.0. The number of rotatable bonds is 3. The van der Waals surface area contributed by atoms with Crippen molar-refractivity contribution in [2.45, 2.75) is 36.8 Å². The molecule has 3 aliphatic heterocycles. The second kappa shape index (κ2) is 10.2. The van der Waals surface area contributed by atoms with Gasteiger partial charge in [-0.3, -0.25) is 9.59 Å². The number of hydrogen-bond donors (Lipinski definition) is 3. The molecule has 3 heterocycles. The lowest BCUT2D eigenvalue weighted by molar-refractivity contribution is -0.123. The number of fused-ring (bicyclic) bond motifs is 9. The van der Waals surface area contributed by atoms with Gasteiger partial charge in [0.05, 0.1) is 16.7 Å². The Morgan fingerprint density at radius 2 is 1.81 bits per heavy atom. The summed E-state index contributed by atoms with van der Waals surface area (Å²) in [6, 6.07) is 12.2. The van der Waals surface area contributed by atoms with Gasteiger partial charge in [-0.15, -0.1) is 0 Å². The number of benzene rings is 2. The second-order valence-electron chi connectivity index (χ2n) is 9.38. The van der Waals surface area contributed by atoms with E-state index in [-0.39, 0.29) is 13.0 Å². The molecule has 2 fully saturated rings. The molecule has 0 aromatic heterocycles. The molecule has 6 rings (SSSR count). The van der Waals surface area contributed by atoms with Crippen molar-refractivity contribution < 1.29 is 19.1 Å². The molecule has 1 saturated carbocycles. The van der Waals surface area contributed by atoms with E-state index in [1.54, 1.807) is 18.2 Å². The van der Waals surface area contributed by atoms with Crippen molar-refractivity contribution in [3.8, 4) is 17.6 Å². The van der Waals surface area contributed by atoms with Crippen LogP contribution in [-0.2, 0) is 11.2 Å². The first-order valence-corrected chi connectivity index (χ1v) is 12.4. The first kappa shape index (κ1) is 24.2. The summed E-state index contributed by atoms with van der Waals surface area (Å²) < 4.78 is 11.6. The SMILES string of the molecule is N#CC1(NC(=O)[C@@H]2Cc3ccc(c(Cl)c3)OC/C=C\COc3ccc(C4CNC4)cc3C(=O)N2)CC1. The predicted octanol–water partition coefficient (Wildman–Crippen LogP) is 2.87. The van der Waals surface area contributed by atoms with Crippen molar-refractivity contribution >= 4 is 23.4 Å². The highest BCUT2D eigenvalue weighted by molar-refractivity contribution is 6.32. The summed E-state index contributed by atoms with van der Waals surface area (Å²) in [5.74, 6) is 0.453. The van der Waals surface area contributed by atoms with Gasteiger partial charge in [0.15, 0.2) is 0 Å². The standard InChI is InChI=1S/C27H27ClN4O4/c28-21-11-17-3-5-24(21)36-10-2-1-9-35-23-6-4-18(19-14-30-15-19)13-20(23)25(33)31-22(12-17)26(34)32-27(16-29)7-8-27/h1-6,11,13,19,22,30H,7-10,12,14-15H2,(H,31,33)(H,32,34)/b2-1-/t22-/m0/s1. The molecule has 4 aliphatic rings. The van der Waals surface area contributed by atoms with Gasteiger partial charge in [0.2, 0.25) is 5.91 Å². The number of carbonyl (C=O) groups is 2. The molecule has 2 aromatic rings. The van der Waals surface area contributed by atoms with Crippen molar-refractivity contribution in [3.63, 3.8) is 0 Å². The molecule has 2 bridgehead atoms. The molecule has 8 nitrogen and oxygen atoms in total. The van der Waals surface area contributed by atoms with Crippen LogP contribution >= 0.6 is 11.6 Å². The Hall–Kier alpha value is -3.54. The minimum Gasteiger partial charge on any atom is -0.489 e. The number of ether oxygens (including phenoxy) is 2. The van der Waals surface area contributed by atoms with Crippen LogP contribution in [0.5, 0.6) is 11.5 Å². The molecule has 9 heteroatoms. The van der Waals surface area contributed by atoms with Crippen molar-refractivity contribution in [3.05, 3.63) is 70.3 Å². The molecule has 36 heavy (non-hydrogen) atoms. The van der Waals surface area contributed by atoms with Gasteiger partial charge in [-0.2, -0.15) is 5.26 Å². The van der Waals surface area contributed by atoms with Crippen molar-refractivity contribution in [1.82, 2.24) is 16.0 Å². The van der Waals surface area contributed by atoms with Gasteiger partial charge >= 0.3 is 0 Å². The maximum Gasteiger partial charge on any atom is 0.255 e. The summed E-state index contributed by atoms with van der Waals surface area (Å²) in [7, 11) is 0. The summed E-state index contributed by atoms with van der Waals surface area (Å²) in [4.78, 5) is 26.8. The monoisotopic (exact) mass is 506 g/mol. The van der Waals surface area contributed by atoms with Crippen LogP contribution in [-0.4, -0.2) is 49.7 Å². The third-order valence-corrected chi connectivity index (χ3v) is 7.02. The van der Waals surface area contributed by atoms with Gasteiger partial charge in [0.1, 0.15) is 36.3 Å². The lowest BCUT2D eigenvalue weighted by Gasteiger charge is -2.28. The molecule has 3 N–H and O–H groups in total. The number of halogens is 1. The summed E-state index contributed by atoms with van der Waals surface area (Å²) in [6.45, 7) is 2.25. The number of nitriles is 1. The minimum atomic E-state index is -0.916. The number of nitrogens with zero attached hydrogens (tertiary/aromatic N) is 1. The number of nitrogens with one attached hydrogen (secondary N) is 3. The van der Waals surface area contributed by atoms with E-state index in [2.05, 4.69) is 22.0 Å². The highest BCUT2D eigenvalue weighted by atomic mass is 35.5. The molecule has 1 atom stereocenters. The van der Waals surface area contributed by atoms with Crippen molar-refractivity contribution in [2.75, 3.05) is 26.3 Å². The van der Waals surface area contributed by atoms with E-state index in [1.807, 2.05) is 30.4 Å². The zero-order chi connectivity index (χ0) is 25.1. The van der Waals surface area contributed by atoms with Gasteiger partial charge in [0.25, 0.3) is 5.91 Å². The summed E-state index contributed by atoms with van der Waals surface area (Å²) >= 11 is 6.41. The zero-order valence-corrected chi connectivity index (χ0v) is 20.4. The Morgan fingerprint density at radius 1 is 1.08 bits per heavy atom. The fourth-order valence-electron chi connectivity index (χ4n) is 4.22. The van der Waals surface area contributed by atoms with Crippen LogP contribution in [0.2, 0.25) is 5.02 Å². The Bertz CT molecular complexity index is 1250. The average molecular weight is 507 g/mol. The molecule has 2 aromatic carbocycles. The van der Waals surface area contributed by atoms with E-state index in [0.717, 1.165) is 24.2 Å². The van der Waals surface area contributed by atoms with Gasteiger partial charge in [-0.1, -0.05) is 23.7 Å². The number of amides is 2. The minimum absolute atomic E-state index is 0.196. The van der Waals surface area contributed by atoms with E-state index in [1.165, 1.54) is 0 Å². The topological polar surface area (TPSA) is 112 Å². The van der Waals surface area contributed by atoms with E-state index in [9.17, 15) is 14.9 Å². The van der Waals surface area contributed by atoms with Crippen LogP contribution in [0.1, 0.15) is 40.2 Å². The van der Waals surface area contributed by atoms with E-state index in [0.29, 0.717) is 47.5 Å². The van der Waals surface area contributed by atoms with Crippen LogP contribution in [0.4, 0.5) is 0 Å². The molecular formula is C27H27ClN4O4. The highest BCUT2D eigenvalue weighted by Crippen LogP contribution is 2.34. The molecule has 186 valence electrons. The first-order chi connectivity index (χ1) is 17.5. The van der Waals surface area contributed by atoms with E-state index < -0.39 is 23.4 Å². The fraction of sp³-hybridized carbons (Fsp3) is 0.370. The maximum atomic E-state index is 13.6. The largest absolute Gasteiger partial charge is 0.489 e. The highest BCUT2D eigenvalue weighted by Gasteiger charge is 2.45. The van der Waals surface area contributed by atoms with E-state index >= 15 is 0 Å². The quantitative estimate of drug-likeness (QED) is 0.552. The molecule has 0 unspecified atom stereocenters. The fourth-order valence-corrected chi connectivity index (χ4v) is 4.48. The van der Waals surface area contributed by atoms with Gasteiger partial charge in [-0.05, 0) is 60.4 Å². The molecule has 0 spiro atoms. The van der Waals surface area contributed by atoms with Crippen LogP contribution in [0.25, 0.3) is 0 Å². The Kier molecular flexibility index (Phi) is 6.86. The third-order valence-electron chi connectivity index (χ3n) is 6.72. The van der Waals surface area contributed by atoms with Crippen molar-refractivity contribution in [2.24, 2.45) is 0 Å². The number of carbonyl (C=O) groups excluding carboxylic acids is 2. The normalized spacial score (nSPS) is 22.0. The molecule has 2 amide bonds. The van der Waals surface area contributed by atoms with Gasteiger partial charge in [0, 0.05) is 25.4 Å². The van der Waals surface area contributed by atoms with Crippen LogP contribution in [0.3, 0.4) is 0 Å². The molecule has 0 radical (unpaired) electrons. The summed E-state index contributed by atoms with van der Waals surface area (Å²) in [5, 5.41) is 18.8. The molecule has 1 aliphatic carbocycles. The number of hydrogen-bond acceptors (Lipinski definition) is 6. The Balaban J connectivity index is 1.48. The lowest BCUT2D eigenvalue weighted by atomic mass is 9.92. The smallest absolute Gasteiger partial charge is 0.255 e. The Morgan fingerprint density at radius 3 is 2.44 bits per heavy atom. The second-order valence-corrected chi connectivity index (χ2v) is 9.79. The average Bonchev–Trinajstić information content (AvgIpc) is 3.60. The van der Waals surface area contributed by atoms with E-state index in [4.69, 9.17) is 21.1 Å². The van der Waals surface area contributed by atoms with Crippen molar-refractivity contribution in [1.29, 1.82) is 5.26 Å². The van der Waals surface area contributed by atoms with Crippen LogP contribution in [0.15, 0.2) is 48.6 Å². The van der Waals surface area contributed by atoms with Gasteiger partial charge in [-0.25, -0.2) is 0 Å². The lowest BCUT2D eigenvalue weighted by Crippen LogP contribution is -2.51. The Labute approximate surface area is 214 Å². The van der Waals surface area contributed by atoms with Crippen LogP contribution in [0, 0.1) is 11.3 Å².